The summed E-state index contributed by atoms with van der Waals surface area (Å²) in [6.45, 7) is 5.74. The van der Waals surface area contributed by atoms with E-state index in [0.29, 0.717) is 17.3 Å². The van der Waals surface area contributed by atoms with Crippen LogP contribution in [0.5, 0.6) is 0 Å². The summed E-state index contributed by atoms with van der Waals surface area (Å²) in [5.41, 5.74) is 0.810. The van der Waals surface area contributed by atoms with E-state index in [1.165, 1.54) is 4.80 Å². The Hall–Kier alpha value is -1.95. The highest BCUT2D eigenvalue weighted by Gasteiger charge is 2.22. The minimum atomic E-state index is -0.457. The third-order valence-electron chi connectivity index (χ3n) is 2.93. The molecule has 0 aliphatic rings. The molecule has 0 bridgehead atoms. The Balaban J connectivity index is 2.21. The number of tetrazole rings is 1. The van der Waals surface area contributed by atoms with E-state index < -0.39 is 6.04 Å². The third-order valence-corrected chi connectivity index (χ3v) is 3.18. The van der Waals surface area contributed by atoms with Crippen molar-refractivity contribution in [3.63, 3.8) is 0 Å². The van der Waals surface area contributed by atoms with Crippen LogP contribution >= 0.6 is 11.6 Å². The molecule has 112 valence electrons. The van der Waals surface area contributed by atoms with Crippen LogP contribution in [0.3, 0.4) is 0 Å². The number of amides is 1. The second-order valence-corrected chi connectivity index (χ2v) is 5.46. The first-order valence-corrected chi connectivity index (χ1v) is 7.25. The van der Waals surface area contributed by atoms with Crippen molar-refractivity contribution in [3.8, 4) is 11.4 Å². The summed E-state index contributed by atoms with van der Waals surface area (Å²) in [5, 5.41) is 15.8. The van der Waals surface area contributed by atoms with Crippen molar-refractivity contribution < 1.29 is 4.79 Å². The van der Waals surface area contributed by atoms with Crippen LogP contribution in [0.1, 0.15) is 33.2 Å². The first kappa shape index (κ1) is 15.4. The second kappa shape index (κ2) is 6.67. The number of hydrogen-bond acceptors (Lipinski definition) is 4. The smallest absolute Gasteiger partial charge is 0.247 e. The van der Waals surface area contributed by atoms with E-state index in [9.17, 15) is 4.79 Å². The molecule has 1 unspecified atom stereocenters. The van der Waals surface area contributed by atoms with Crippen molar-refractivity contribution in [1.82, 2.24) is 25.5 Å². The number of aromatic nitrogens is 4. The molecule has 1 N–H and O–H groups in total. The van der Waals surface area contributed by atoms with E-state index >= 15 is 0 Å². The number of carbonyl (C=O) groups is 1. The van der Waals surface area contributed by atoms with Gasteiger partial charge < -0.3 is 5.32 Å². The van der Waals surface area contributed by atoms with Gasteiger partial charge in [0.05, 0.1) is 0 Å². The number of halogens is 1. The van der Waals surface area contributed by atoms with Crippen molar-refractivity contribution in [2.24, 2.45) is 0 Å². The number of carbonyl (C=O) groups excluding carboxylic acids is 1. The van der Waals surface area contributed by atoms with Crippen LogP contribution < -0.4 is 5.32 Å². The minimum absolute atomic E-state index is 0.0748. The molecular formula is C14H18ClN5O. The van der Waals surface area contributed by atoms with Crippen molar-refractivity contribution in [2.75, 3.05) is 0 Å². The van der Waals surface area contributed by atoms with E-state index in [1.807, 2.05) is 32.9 Å². The monoisotopic (exact) mass is 307 g/mol. The van der Waals surface area contributed by atoms with Crippen LogP contribution in [-0.2, 0) is 4.79 Å². The quantitative estimate of drug-likeness (QED) is 0.921. The van der Waals surface area contributed by atoms with Gasteiger partial charge in [-0.15, -0.1) is 10.2 Å². The van der Waals surface area contributed by atoms with E-state index in [1.54, 1.807) is 12.1 Å². The van der Waals surface area contributed by atoms with Crippen LogP contribution in [0, 0.1) is 0 Å². The van der Waals surface area contributed by atoms with Crippen molar-refractivity contribution in [1.29, 1.82) is 0 Å². The summed E-state index contributed by atoms with van der Waals surface area (Å²) < 4.78 is 0. The van der Waals surface area contributed by atoms with Crippen LogP contribution in [0.4, 0.5) is 0 Å². The lowest BCUT2D eigenvalue weighted by Crippen LogP contribution is -2.37. The number of hydrogen-bond donors (Lipinski definition) is 1. The Morgan fingerprint density at radius 2 is 2.00 bits per heavy atom. The molecule has 2 rings (SSSR count). The van der Waals surface area contributed by atoms with Gasteiger partial charge in [-0.1, -0.05) is 18.5 Å². The molecule has 1 aromatic heterocycles. The summed E-state index contributed by atoms with van der Waals surface area (Å²) >= 11 is 5.85. The lowest BCUT2D eigenvalue weighted by atomic mass is 10.2. The molecule has 2 aromatic rings. The fraction of sp³-hybridized carbons (Fsp3) is 0.429. The van der Waals surface area contributed by atoms with Crippen molar-refractivity contribution in [2.45, 2.75) is 39.3 Å². The fourth-order valence-electron chi connectivity index (χ4n) is 1.91. The average molecular weight is 308 g/mol. The Morgan fingerprint density at radius 1 is 1.33 bits per heavy atom. The molecule has 0 radical (unpaired) electrons. The standard InChI is InChI=1S/C14H18ClN5O/c1-4-12(14(21)16-9(2)3)20-18-13(17-19-20)10-5-7-11(15)8-6-10/h5-9,12H,4H2,1-3H3,(H,16,21). The topological polar surface area (TPSA) is 72.7 Å². The number of nitrogens with zero attached hydrogens (tertiary/aromatic N) is 4. The molecule has 0 spiro atoms. The molecule has 0 saturated heterocycles. The molecule has 6 nitrogen and oxygen atoms in total. The molecule has 1 aromatic carbocycles. The zero-order valence-electron chi connectivity index (χ0n) is 12.2. The molecular weight excluding hydrogens is 290 g/mol. The lowest BCUT2D eigenvalue weighted by molar-refractivity contribution is -0.125. The van der Waals surface area contributed by atoms with E-state index in [2.05, 4.69) is 20.7 Å². The molecule has 0 fully saturated rings. The Morgan fingerprint density at radius 3 is 2.57 bits per heavy atom. The maximum absolute atomic E-state index is 12.1. The predicted molar refractivity (Wildman–Crippen MR) is 80.9 cm³/mol. The first-order chi connectivity index (χ1) is 10.0. The predicted octanol–water partition coefficient (Wildman–Crippen LogP) is 2.47. The summed E-state index contributed by atoms with van der Waals surface area (Å²) in [6, 6.07) is 6.78. The highest BCUT2D eigenvalue weighted by atomic mass is 35.5. The van der Waals surface area contributed by atoms with Gasteiger partial charge in [0.2, 0.25) is 11.7 Å². The molecule has 0 saturated carbocycles. The van der Waals surface area contributed by atoms with Gasteiger partial charge in [0.1, 0.15) is 0 Å². The molecule has 21 heavy (non-hydrogen) atoms. The van der Waals surface area contributed by atoms with Crippen LogP contribution in [-0.4, -0.2) is 32.2 Å². The zero-order chi connectivity index (χ0) is 15.4. The molecule has 0 aliphatic carbocycles. The van der Waals surface area contributed by atoms with Gasteiger partial charge in [0.15, 0.2) is 6.04 Å². The van der Waals surface area contributed by atoms with Crippen LogP contribution in [0.15, 0.2) is 24.3 Å². The molecule has 7 heteroatoms. The number of rotatable bonds is 5. The van der Waals surface area contributed by atoms with Gasteiger partial charge in [-0.3, -0.25) is 4.79 Å². The molecule has 1 amide bonds. The van der Waals surface area contributed by atoms with E-state index in [0.717, 1.165) is 5.56 Å². The molecule has 0 aliphatic heterocycles. The Kier molecular flexibility index (Phi) is 4.90. The first-order valence-electron chi connectivity index (χ1n) is 6.87. The molecule has 1 heterocycles. The van der Waals surface area contributed by atoms with Crippen LogP contribution in [0.2, 0.25) is 5.02 Å². The second-order valence-electron chi connectivity index (χ2n) is 5.03. The zero-order valence-corrected chi connectivity index (χ0v) is 13.0. The van der Waals surface area contributed by atoms with Gasteiger partial charge in [0.25, 0.3) is 0 Å². The highest BCUT2D eigenvalue weighted by Crippen LogP contribution is 2.18. The SMILES string of the molecule is CCC(C(=O)NC(C)C)n1nnc(-c2ccc(Cl)cc2)n1. The summed E-state index contributed by atoms with van der Waals surface area (Å²) in [7, 11) is 0. The summed E-state index contributed by atoms with van der Waals surface area (Å²) in [4.78, 5) is 13.5. The van der Waals surface area contributed by atoms with Gasteiger partial charge in [-0.25, -0.2) is 0 Å². The van der Waals surface area contributed by atoms with E-state index in [-0.39, 0.29) is 11.9 Å². The third kappa shape index (κ3) is 3.78. The van der Waals surface area contributed by atoms with Gasteiger partial charge in [-0.05, 0) is 49.7 Å². The highest BCUT2D eigenvalue weighted by molar-refractivity contribution is 6.30. The maximum Gasteiger partial charge on any atom is 0.247 e. The Bertz CT molecular complexity index is 608. The normalized spacial score (nSPS) is 12.4. The summed E-state index contributed by atoms with van der Waals surface area (Å²) in [5.74, 6) is 0.370. The van der Waals surface area contributed by atoms with Crippen molar-refractivity contribution in [3.05, 3.63) is 29.3 Å². The summed E-state index contributed by atoms with van der Waals surface area (Å²) in [6.07, 6.45) is 0.592. The molecule has 1 atom stereocenters. The van der Waals surface area contributed by atoms with Crippen molar-refractivity contribution >= 4 is 17.5 Å². The minimum Gasteiger partial charge on any atom is -0.352 e. The lowest BCUT2D eigenvalue weighted by Gasteiger charge is -2.15. The van der Waals surface area contributed by atoms with Gasteiger partial charge in [-0.2, -0.15) is 4.80 Å². The number of benzene rings is 1. The van der Waals surface area contributed by atoms with Crippen LogP contribution in [0.25, 0.3) is 11.4 Å². The van der Waals surface area contributed by atoms with E-state index in [4.69, 9.17) is 11.6 Å². The average Bonchev–Trinajstić information content (AvgIpc) is 2.89. The fourth-order valence-corrected chi connectivity index (χ4v) is 2.03. The van der Waals surface area contributed by atoms with Gasteiger partial charge >= 0.3 is 0 Å². The number of nitrogens with one attached hydrogen (secondary N) is 1. The van der Waals surface area contributed by atoms with Gasteiger partial charge in [0, 0.05) is 16.6 Å². The maximum atomic E-state index is 12.1. The Labute approximate surface area is 128 Å². The largest absolute Gasteiger partial charge is 0.352 e.